The van der Waals surface area contributed by atoms with Crippen molar-refractivity contribution in [2.75, 3.05) is 11.1 Å². The molecule has 1 fully saturated rings. The number of hydrogen-bond acceptors (Lipinski definition) is 5. The Kier molecular flexibility index (Phi) is 6.86. The molecule has 0 aliphatic heterocycles. The van der Waals surface area contributed by atoms with Crippen molar-refractivity contribution in [1.29, 1.82) is 0 Å². The Labute approximate surface area is 191 Å². The molecule has 5 nitrogen and oxygen atoms in total. The molecule has 32 heavy (non-hydrogen) atoms. The first kappa shape index (κ1) is 22.4. The molecule has 0 saturated heterocycles. The maximum atomic E-state index is 13.5. The van der Waals surface area contributed by atoms with E-state index in [0.717, 1.165) is 31.4 Å². The van der Waals surface area contributed by atoms with Gasteiger partial charge < -0.3 is 16.2 Å². The summed E-state index contributed by atoms with van der Waals surface area (Å²) in [5.74, 6) is -0.162. The van der Waals surface area contributed by atoms with Gasteiger partial charge >= 0.3 is 0 Å². The number of aliphatic hydroxyl groups is 1. The number of amides is 1. The van der Waals surface area contributed by atoms with Crippen LogP contribution in [0.5, 0.6) is 0 Å². The van der Waals surface area contributed by atoms with E-state index in [-0.39, 0.29) is 23.6 Å². The van der Waals surface area contributed by atoms with Gasteiger partial charge in [-0.15, -0.1) is 11.3 Å². The summed E-state index contributed by atoms with van der Waals surface area (Å²) in [7, 11) is 0. The molecule has 0 spiro atoms. The molecule has 1 amide bonds. The number of aromatic nitrogens is 1. The minimum atomic E-state index is -0.622. The lowest BCUT2D eigenvalue weighted by Crippen LogP contribution is -2.19. The third-order valence-corrected chi connectivity index (χ3v) is 7.03. The normalized spacial score (nSPS) is 20.1. The van der Waals surface area contributed by atoms with Gasteiger partial charge in [-0.05, 0) is 79.8 Å². The number of nitrogens with one attached hydrogen (secondary N) is 1. The molecular weight excluding hydrogens is 425 g/mol. The standard InChI is InChI=1S/C25H28FN3O2S/c1-15(22-14-32-25(27)29-22)24(31)28-21-9-6-16(7-10-21)11-17-5-8-19(12-17)23(30)18-3-2-4-20(26)13-18/h2-4,6-7,9-10,13-15,17,19,23,30H,5,8,11-12H2,1H3,(H2,27,29)(H,28,31)/t15?,17?,19-,23+/m0/s1. The summed E-state index contributed by atoms with van der Waals surface area (Å²) >= 11 is 1.33. The van der Waals surface area contributed by atoms with Crippen LogP contribution < -0.4 is 11.1 Å². The van der Waals surface area contributed by atoms with Crippen molar-refractivity contribution in [2.45, 2.75) is 44.6 Å². The lowest BCUT2D eigenvalue weighted by atomic mass is 9.91. The topological polar surface area (TPSA) is 88.2 Å². The molecule has 4 rings (SSSR count). The molecule has 2 unspecified atom stereocenters. The lowest BCUT2D eigenvalue weighted by Gasteiger charge is -2.19. The third kappa shape index (κ3) is 5.34. The Balaban J connectivity index is 1.30. The van der Waals surface area contributed by atoms with Crippen LogP contribution in [0.25, 0.3) is 0 Å². The van der Waals surface area contributed by atoms with Gasteiger partial charge in [-0.3, -0.25) is 4.79 Å². The van der Waals surface area contributed by atoms with Crippen LogP contribution in [0.2, 0.25) is 0 Å². The van der Waals surface area contributed by atoms with Crippen molar-refractivity contribution in [1.82, 2.24) is 4.98 Å². The quantitative estimate of drug-likeness (QED) is 0.453. The molecule has 4 N–H and O–H groups in total. The summed E-state index contributed by atoms with van der Waals surface area (Å²) in [6, 6.07) is 14.2. The van der Waals surface area contributed by atoms with Crippen molar-refractivity contribution >= 4 is 28.1 Å². The molecule has 7 heteroatoms. The Morgan fingerprint density at radius 3 is 2.75 bits per heavy atom. The Bertz CT molecular complexity index is 1070. The fourth-order valence-electron chi connectivity index (χ4n) is 4.49. The van der Waals surface area contributed by atoms with Gasteiger partial charge in [0.1, 0.15) is 5.82 Å². The van der Waals surface area contributed by atoms with Gasteiger partial charge in [-0.25, -0.2) is 9.37 Å². The summed E-state index contributed by atoms with van der Waals surface area (Å²) in [4.78, 5) is 16.7. The van der Waals surface area contributed by atoms with Gasteiger partial charge in [-0.1, -0.05) is 24.3 Å². The van der Waals surface area contributed by atoms with Crippen LogP contribution in [-0.2, 0) is 11.2 Å². The number of nitrogen functional groups attached to an aromatic ring is 1. The number of rotatable bonds is 7. The van der Waals surface area contributed by atoms with Crippen molar-refractivity contribution in [3.05, 3.63) is 76.5 Å². The van der Waals surface area contributed by atoms with Gasteiger partial charge in [0.15, 0.2) is 5.13 Å². The average Bonchev–Trinajstić information content (AvgIpc) is 3.43. The van der Waals surface area contributed by atoms with E-state index in [1.807, 2.05) is 36.6 Å². The lowest BCUT2D eigenvalue weighted by molar-refractivity contribution is -0.117. The molecule has 168 valence electrons. The molecule has 1 aliphatic carbocycles. The van der Waals surface area contributed by atoms with Crippen LogP contribution in [0, 0.1) is 17.7 Å². The molecule has 0 bridgehead atoms. The second kappa shape index (κ2) is 9.79. The molecule has 1 aliphatic rings. The van der Waals surface area contributed by atoms with E-state index >= 15 is 0 Å². The highest BCUT2D eigenvalue weighted by atomic mass is 32.1. The van der Waals surface area contributed by atoms with E-state index in [0.29, 0.717) is 22.3 Å². The van der Waals surface area contributed by atoms with E-state index in [1.54, 1.807) is 12.1 Å². The largest absolute Gasteiger partial charge is 0.388 e. The van der Waals surface area contributed by atoms with Crippen molar-refractivity contribution < 1.29 is 14.3 Å². The van der Waals surface area contributed by atoms with Crippen LogP contribution in [-0.4, -0.2) is 16.0 Å². The minimum Gasteiger partial charge on any atom is -0.388 e. The zero-order chi connectivity index (χ0) is 22.7. The van der Waals surface area contributed by atoms with Gasteiger partial charge in [0.25, 0.3) is 0 Å². The number of halogens is 1. The number of hydrogen-bond donors (Lipinski definition) is 3. The number of carbonyl (C=O) groups excluding carboxylic acids is 1. The number of thiazole rings is 1. The molecule has 1 aromatic heterocycles. The highest BCUT2D eigenvalue weighted by Crippen LogP contribution is 2.40. The van der Waals surface area contributed by atoms with Gasteiger partial charge in [0.05, 0.1) is 17.7 Å². The van der Waals surface area contributed by atoms with Gasteiger partial charge in [0, 0.05) is 11.1 Å². The maximum absolute atomic E-state index is 13.5. The predicted molar refractivity (Wildman–Crippen MR) is 126 cm³/mol. The predicted octanol–water partition coefficient (Wildman–Crippen LogP) is 5.30. The molecule has 0 radical (unpaired) electrons. The molecule has 2 aromatic carbocycles. The summed E-state index contributed by atoms with van der Waals surface area (Å²) in [6.07, 6.45) is 3.21. The molecule has 3 aromatic rings. The third-order valence-electron chi connectivity index (χ3n) is 6.34. The monoisotopic (exact) mass is 453 g/mol. The van der Waals surface area contributed by atoms with Crippen molar-refractivity contribution in [3.63, 3.8) is 0 Å². The highest BCUT2D eigenvalue weighted by Gasteiger charge is 2.31. The van der Waals surface area contributed by atoms with Crippen molar-refractivity contribution in [3.8, 4) is 0 Å². The summed E-state index contributed by atoms with van der Waals surface area (Å²) in [5, 5.41) is 15.9. The van der Waals surface area contributed by atoms with E-state index < -0.39 is 6.10 Å². The second-order valence-electron chi connectivity index (χ2n) is 8.66. The highest BCUT2D eigenvalue weighted by molar-refractivity contribution is 7.13. The first-order valence-electron chi connectivity index (χ1n) is 10.9. The fourth-order valence-corrected chi connectivity index (χ4v) is 5.15. The van der Waals surface area contributed by atoms with E-state index in [2.05, 4.69) is 10.3 Å². The molecule has 1 heterocycles. The van der Waals surface area contributed by atoms with Crippen LogP contribution in [0.1, 0.15) is 55.0 Å². The van der Waals surface area contributed by atoms with E-state index in [9.17, 15) is 14.3 Å². The minimum absolute atomic E-state index is 0.118. The number of anilines is 2. The smallest absolute Gasteiger partial charge is 0.233 e. The Hall–Kier alpha value is -2.77. The number of nitrogens with zero attached hydrogens (tertiary/aromatic N) is 1. The Morgan fingerprint density at radius 1 is 1.28 bits per heavy atom. The molecule has 4 atom stereocenters. The van der Waals surface area contributed by atoms with E-state index in [4.69, 9.17) is 5.73 Å². The summed E-state index contributed by atoms with van der Waals surface area (Å²) < 4.78 is 13.5. The SMILES string of the molecule is CC(C(=O)Nc1ccc(CC2CC[C@H]([C@H](O)c3cccc(F)c3)C2)cc1)c1csc(N)n1. The number of nitrogens with two attached hydrogens (primary N) is 1. The number of carbonyl (C=O) groups is 1. The van der Waals surface area contributed by atoms with E-state index in [1.165, 1.54) is 29.0 Å². The number of benzene rings is 2. The fraction of sp³-hybridized carbons (Fsp3) is 0.360. The molecular formula is C25H28FN3O2S. The zero-order valence-corrected chi connectivity index (χ0v) is 18.8. The van der Waals surface area contributed by atoms with Gasteiger partial charge in [0.2, 0.25) is 5.91 Å². The average molecular weight is 454 g/mol. The number of aliphatic hydroxyl groups excluding tert-OH is 1. The van der Waals surface area contributed by atoms with Crippen LogP contribution in [0.15, 0.2) is 53.9 Å². The summed E-state index contributed by atoms with van der Waals surface area (Å²) in [5.41, 5.74) is 8.95. The second-order valence-corrected chi connectivity index (χ2v) is 9.55. The van der Waals surface area contributed by atoms with Crippen molar-refractivity contribution in [2.24, 2.45) is 11.8 Å². The summed E-state index contributed by atoms with van der Waals surface area (Å²) in [6.45, 7) is 1.81. The zero-order valence-electron chi connectivity index (χ0n) is 18.0. The molecule has 1 saturated carbocycles. The Morgan fingerprint density at radius 2 is 2.06 bits per heavy atom. The van der Waals surface area contributed by atoms with Crippen LogP contribution in [0.3, 0.4) is 0 Å². The maximum Gasteiger partial charge on any atom is 0.233 e. The van der Waals surface area contributed by atoms with Crippen LogP contribution >= 0.6 is 11.3 Å². The first-order valence-corrected chi connectivity index (χ1v) is 11.8. The first-order chi connectivity index (χ1) is 15.4. The van der Waals surface area contributed by atoms with Gasteiger partial charge in [-0.2, -0.15) is 0 Å². The van der Waals surface area contributed by atoms with Crippen LogP contribution in [0.4, 0.5) is 15.2 Å².